The first-order valence-electron chi connectivity index (χ1n) is 3.16. The lowest BCUT2D eigenvalue weighted by molar-refractivity contribution is -0.111. The normalized spacial score (nSPS) is 10.3. The molecule has 0 aliphatic rings. The molecule has 1 rings (SSSR count). The highest BCUT2D eigenvalue weighted by Crippen LogP contribution is 2.09. The van der Waals surface area contributed by atoms with Gasteiger partial charge in [0.05, 0.1) is 0 Å². The van der Waals surface area contributed by atoms with Gasteiger partial charge in [0.15, 0.2) is 5.13 Å². The van der Waals surface area contributed by atoms with Crippen molar-refractivity contribution >= 4 is 22.4 Å². The Bertz CT molecular complexity index is 253. The van der Waals surface area contributed by atoms with Crippen LogP contribution in [0.5, 0.6) is 0 Å². The number of carbonyl (C=O) groups excluding carboxylic acids is 1. The molecule has 0 saturated carbocycles. The zero-order valence-electron chi connectivity index (χ0n) is 6.07. The van der Waals surface area contributed by atoms with Gasteiger partial charge < -0.3 is 0 Å². The first kappa shape index (κ1) is 7.94. The fourth-order valence-corrected chi connectivity index (χ4v) is 1.12. The summed E-state index contributed by atoms with van der Waals surface area (Å²) in [5, 5.41) is 5.05. The molecule has 0 bridgehead atoms. The van der Waals surface area contributed by atoms with E-state index in [0.717, 1.165) is 0 Å². The summed E-state index contributed by atoms with van der Waals surface area (Å²) < 4.78 is 0. The van der Waals surface area contributed by atoms with Crippen molar-refractivity contribution in [2.75, 3.05) is 5.32 Å². The zero-order chi connectivity index (χ0) is 8.10. The number of nitrogens with zero attached hydrogens (tertiary/aromatic N) is 1. The van der Waals surface area contributed by atoms with E-state index in [0.29, 0.717) is 5.13 Å². The first-order valence-corrected chi connectivity index (χ1v) is 4.04. The van der Waals surface area contributed by atoms with Gasteiger partial charge in [-0.1, -0.05) is 6.08 Å². The summed E-state index contributed by atoms with van der Waals surface area (Å²) in [5.41, 5.74) is 0. The Hall–Kier alpha value is -1.16. The molecule has 0 radical (unpaired) electrons. The molecule has 0 saturated heterocycles. The number of rotatable bonds is 2. The van der Waals surface area contributed by atoms with Gasteiger partial charge in [0, 0.05) is 11.6 Å². The molecule has 1 amide bonds. The number of hydrogen-bond acceptors (Lipinski definition) is 3. The summed E-state index contributed by atoms with van der Waals surface area (Å²) in [5.74, 6) is -0.137. The molecule has 3 nitrogen and oxygen atoms in total. The second-order valence-corrected chi connectivity index (χ2v) is 2.72. The molecule has 0 aliphatic carbocycles. The van der Waals surface area contributed by atoms with E-state index in [1.165, 1.54) is 17.4 Å². The van der Waals surface area contributed by atoms with Crippen molar-refractivity contribution in [3.05, 3.63) is 23.7 Å². The highest BCUT2D eigenvalue weighted by atomic mass is 32.1. The van der Waals surface area contributed by atoms with Gasteiger partial charge >= 0.3 is 0 Å². The van der Waals surface area contributed by atoms with E-state index in [2.05, 4.69) is 10.3 Å². The molecule has 1 aromatic heterocycles. The molecule has 0 unspecified atom stereocenters. The van der Waals surface area contributed by atoms with Gasteiger partial charge in [0.1, 0.15) is 0 Å². The molecule has 1 heterocycles. The standard InChI is InChI=1S/C7H8N2OS/c1-2-3-6(10)9-7-8-4-5-11-7/h2-5H,1H3,(H,8,9,10)/b3-2+. The van der Waals surface area contributed by atoms with Gasteiger partial charge in [-0.05, 0) is 13.0 Å². The number of thiazole rings is 1. The number of allylic oxidation sites excluding steroid dienone is 1. The average Bonchev–Trinajstić information content (AvgIpc) is 2.40. The molecule has 0 spiro atoms. The number of anilines is 1. The molecule has 0 fully saturated rings. The maximum Gasteiger partial charge on any atom is 0.249 e. The van der Waals surface area contributed by atoms with Crippen molar-refractivity contribution in [2.24, 2.45) is 0 Å². The van der Waals surface area contributed by atoms with Crippen LogP contribution < -0.4 is 5.32 Å². The third-order valence-electron chi connectivity index (χ3n) is 0.980. The van der Waals surface area contributed by atoms with Crippen molar-refractivity contribution < 1.29 is 4.79 Å². The molecule has 0 atom stereocenters. The Morgan fingerprint density at radius 3 is 3.18 bits per heavy atom. The number of aromatic nitrogens is 1. The molecule has 1 aromatic rings. The van der Waals surface area contributed by atoms with Gasteiger partial charge in [-0.2, -0.15) is 0 Å². The van der Waals surface area contributed by atoms with Gasteiger partial charge in [0.2, 0.25) is 5.91 Å². The number of amides is 1. The Morgan fingerprint density at radius 2 is 2.64 bits per heavy atom. The predicted molar refractivity (Wildman–Crippen MR) is 45.6 cm³/mol. The van der Waals surface area contributed by atoms with Crippen LogP contribution >= 0.6 is 11.3 Å². The summed E-state index contributed by atoms with van der Waals surface area (Å²) >= 11 is 1.40. The first-order chi connectivity index (χ1) is 5.33. The van der Waals surface area contributed by atoms with E-state index in [1.807, 2.05) is 5.38 Å². The third kappa shape index (κ3) is 2.51. The van der Waals surface area contributed by atoms with Crippen molar-refractivity contribution in [3.8, 4) is 0 Å². The summed E-state index contributed by atoms with van der Waals surface area (Å²) in [6.45, 7) is 1.79. The van der Waals surface area contributed by atoms with Crippen molar-refractivity contribution in [2.45, 2.75) is 6.92 Å². The van der Waals surface area contributed by atoms with Crippen LogP contribution in [0, 0.1) is 0 Å². The van der Waals surface area contributed by atoms with Gasteiger partial charge in [-0.3, -0.25) is 10.1 Å². The van der Waals surface area contributed by atoms with Gasteiger partial charge in [-0.15, -0.1) is 11.3 Å². The quantitative estimate of drug-likeness (QED) is 0.682. The maximum atomic E-state index is 10.9. The van der Waals surface area contributed by atoms with E-state index in [1.54, 1.807) is 19.2 Å². The Morgan fingerprint density at radius 1 is 1.82 bits per heavy atom. The highest BCUT2D eigenvalue weighted by molar-refractivity contribution is 7.13. The van der Waals surface area contributed by atoms with E-state index < -0.39 is 0 Å². The van der Waals surface area contributed by atoms with Gasteiger partial charge in [0.25, 0.3) is 0 Å². The summed E-state index contributed by atoms with van der Waals surface area (Å²) in [6, 6.07) is 0. The summed E-state index contributed by atoms with van der Waals surface area (Å²) in [7, 11) is 0. The fourth-order valence-electron chi connectivity index (χ4n) is 0.584. The lowest BCUT2D eigenvalue weighted by Crippen LogP contribution is -2.06. The molecule has 58 valence electrons. The van der Waals surface area contributed by atoms with Crippen LogP contribution in [0.2, 0.25) is 0 Å². The van der Waals surface area contributed by atoms with E-state index >= 15 is 0 Å². The summed E-state index contributed by atoms with van der Waals surface area (Å²) in [4.78, 5) is 14.8. The Balaban J connectivity index is 2.50. The van der Waals surface area contributed by atoms with Crippen LogP contribution in [0.4, 0.5) is 5.13 Å². The van der Waals surface area contributed by atoms with Crippen LogP contribution in [0.15, 0.2) is 23.7 Å². The predicted octanol–water partition coefficient (Wildman–Crippen LogP) is 1.66. The van der Waals surface area contributed by atoms with Crippen LogP contribution in [-0.2, 0) is 4.79 Å². The average molecular weight is 168 g/mol. The molecule has 4 heteroatoms. The third-order valence-corrected chi connectivity index (χ3v) is 1.67. The van der Waals surface area contributed by atoms with Crippen LogP contribution in [-0.4, -0.2) is 10.9 Å². The molecule has 0 aliphatic heterocycles. The minimum atomic E-state index is -0.137. The molecular formula is C7H8N2OS. The largest absolute Gasteiger partial charge is 0.298 e. The lowest BCUT2D eigenvalue weighted by Gasteiger charge is -1.92. The molecule has 1 N–H and O–H groups in total. The van der Waals surface area contributed by atoms with E-state index in [4.69, 9.17) is 0 Å². The van der Waals surface area contributed by atoms with Crippen LogP contribution in [0.3, 0.4) is 0 Å². The second-order valence-electron chi connectivity index (χ2n) is 1.83. The monoisotopic (exact) mass is 168 g/mol. The minimum absolute atomic E-state index is 0.137. The smallest absolute Gasteiger partial charge is 0.249 e. The zero-order valence-corrected chi connectivity index (χ0v) is 6.89. The van der Waals surface area contributed by atoms with Crippen molar-refractivity contribution in [3.63, 3.8) is 0 Å². The number of carbonyl (C=O) groups is 1. The van der Waals surface area contributed by atoms with Crippen molar-refractivity contribution in [1.29, 1.82) is 0 Å². The van der Waals surface area contributed by atoms with E-state index in [9.17, 15) is 4.79 Å². The van der Waals surface area contributed by atoms with Crippen molar-refractivity contribution in [1.82, 2.24) is 4.98 Å². The lowest BCUT2D eigenvalue weighted by atomic mass is 10.5. The SMILES string of the molecule is C/C=C/C(=O)Nc1nccs1. The number of hydrogen-bond donors (Lipinski definition) is 1. The van der Waals surface area contributed by atoms with Crippen LogP contribution in [0.25, 0.3) is 0 Å². The minimum Gasteiger partial charge on any atom is -0.298 e. The van der Waals surface area contributed by atoms with E-state index in [-0.39, 0.29) is 5.91 Å². The maximum absolute atomic E-state index is 10.9. The summed E-state index contributed by atoms with van der Waals surface area (Å²) in [6.07, 6.45) is 4.79. The fraction of sp³-hybridized carbons (Fsp3) is 0.143. The highest BCUT2D eigenvalue weighted by Gasteiger charge is 1.96. The Labute approximate surface area is 68.8 Å². The molecule has 11 heavy (non-hydrogen) atoms. The topological polar surface area (TPSA) is 42.0 Å². The second kappa shape index (κ2) is 3.88. The Kier molecular flexibility index (Phi) is 2.80. The molecule has 0 aromatic carbocycles. The molecular weight excluding hydrogens is 160 g/mol. The van der Waals surface area contributed by atoms with Crippen LogP contribution in [0.1, 0.15) is 6.92 Å². The number of nitrogens with one attached hydrogen (secondary N) is 1. The van der Waals surface area contributed by atoms with Gasteiger partial charge in [-0.25, -0.2) is 4.98 Å².